The third-order valence-corrected chi connectivity index (χ3v) is 5.54. The third kappa shape index (κ3) is 3.05. The van der Waals surface area contributed by atoms with Gasteiger partial charge < -0.3 is 14.2 Å². The molecule has 0 aliphatic carbocycles. The summed E-state index contributed by atoms with van der Waals surface area (Å²) in [5, 5.41) is 0. The number of rotatable bonds is 4. The van der Waals surface area contributed by atoms with Crippen LogP contribution in [0.2, 0.25) is 0 Å². The van der Waals surface area contributed by atoms with Crippen molar-refractivity contribution >= 4 is 33.5 Å². The molecule has 7 heteroatoms. The van der Waals surface area contributed by atoms with Crippen LogP contribution < -0.4 is 14.4 Å². The van der Waals surface area contributed by atoms with Gasteiger partial charge in [0.1, 0.15) is 18.1 Å². The molecule has 6 nitrogen and oxygen atoms in total. The molecule has 0 fully saturated rings. The Morgan fingerprint density at radius 2 is 1.82 bits per heavy atom. The lowest BCUT2D eigenvalue weighted by Gasteiger charge is -2.32. The van der Waals surface area contributed by atoms with Crippen LogP contribution in [-0.4, -0.2) is 32.7 Å². The maximum absolute atomic E-state index is 13.1. The van der Waals surface area contributed by atoms with Crippen LogP contribution in [0.5, 0.6) is 11.5 Å². The highest BCUT2D eigenvalue weighted by molar-refractivity contribution is 9.10. The number of halogens is 1. The normalized spacial score (nSPS) is 18.8. The predicted molar refractivity (Wildman–Crippen MR) is 107 cm³/mol. The second-order valence-electron chi connectivity index (χ2n) is 6.51. The Hall–Kier alpha value is -2.80. The number of anilines is 1. The molecule has 1 amide bonds. The largest absolute Gasteiger partial charge is 0.497 e. The van der Waals surface area contributed by atoms with Gasteiger partial charge in [0.25, 0.3) is 0 Å². The van der Waals surface area contributed by atoms with Gasteiger partial charge in [0.15, 0.2) is 0 Å². The Balaban J connectivity index is 1.85. The molecule has 0 saturated carbocycles. The first-order chi connectivity index (χ1) is 13.5. The number of benzene rings is 2. The molecule has 0 N–H and O–H groups in total. The van der Waals surface area contributed by atoms with Gasteiger partial charge in [-0.15, -0.1) is 0 Å². The molecule has 0 aromatic heterocycles. The van der Waals surface area contributed by atoms with Crippen molar-refractivity contribution in [1.29, 1.82) is 0 Å². The van der Waals surface area contributed by atoms with Gasteiger partial charge in [0, 0.05) is 28.1 Å². The number of ether oxygens (including phenoxy) is 3. The summed E-state index contributed by atoms with van der Waals surface area (Å²) in [7, 11) is 3.13. The van der Waals surface area contributed by atoms with Crippen molar-refractivity contribution in [3.63, 3.8) is 0 Å². The third-order valence-electron chi connectivity index (χ3n) is 5.01. The standard InChI is InChI=1S/C21H18BrNO5/c1-26-14-7-8-18(27-2)15(9-14)16-10-19(24)23(13-5-3-12(22)4-6-13)17-11-28-21(25)20(16)17/h3-9,16H,10-11H2,1-2H3. The summed E-state index contributed by atoms with van der Waals surface area (Å²) >= 11 is 3.40. The van der Waals surface area contributed by atoms with Crippen LogP contribution >= 0.6 is 15.9 Å². The van der Waals surface area contributed by atoms with E-state index in [1.165, 1.54) is 0 Å². The number of methoxy groups -OCH3 is 2. The van der Waals surface area contributed by atoms with E-state index in [9.17, 15) is 9.59 Å². The van der Waals surface area contributed by atoms with Gasteiger partial charge in [-0.25, -0.2) is 4.79 Å². The molecule has 2 aliphatic rings. The number of nitrogens with zero attached hydrogens (tertiary/aromatic N) is 1. The second kappa shape index (κ2) is 7.31. The summed E-state index contributed by atoms with van der Waals surface area (Å²) in [4.78, 5) is 27.3. The van der Waals surface area contributed by atoms with Gasteiger partial charge in [-0.05, 0) is 42.5 Å². The van der Waals surface area contributed by atoms with E-state index >= 15 is 0 Å². The van der Waals surface area contributed by atoms with Crippen LogP contribution in [0, 0.1) is 0 Å². The zero-order chi connectivity index (χ0) is 19.8. The first-order valence-electron chi connectivity index (χ1n) is 8.74. The Morgan fingerprint density at radius 1 is 1.07 bits per heavy atom. The average Bonchev–Trinajstić information content (AvgIpc) is 3.09. The first-order valence-corrected chi connectivity index (χ1v) is 9.53. The van der Waals surface area contributed by atoms with Crippen LogP contribution in [0.1, 0.15) is 17.9 Å². The summed E-state index contributed by atoms with van der Waals surface area (Å²) in [5.74, 6) is 0.275. The van der Waals surface area contributed by atoms with Crippen LogP contribution in [0.15, 0.2) is 58.2 Å². The summed E-state index contributed by atoms with van der Waals surface area (Å²) in [6.07, 6.45) is 0.132. The van der Waals surface area contributed by atoms with Gasteiger partial charge in [-0.3, -0.25) is 9.69 Å². The van der Waals surface area contributed by atoms with Crippen molar-refractivity contribution in [3.8, 4) is 11.5 Å². The molecule has 1 unspecified atom stereocenters. The number of esters is 1. The van der Waals surface area contributed by atoms with Crippen molar-refractivity contribution < 1.29 is 23.8 Å². The van der Waals surface area contributed by atoms with Crippen LogP contribution in [0.3, 0.4) is 0 Å². The number of amides is 1. The number of hydrogen-bond donors (Lipinski definition) is 0. The molecule has 0 bridgehead atoms. The molecule has 0 saturated heterocycles. The fraction of sp³-hybridized carbons (Fsp3) is 0.238. The van der Waals surface area contributed by atoms with Crippen LogP contribution in [-0.2, 0) is 14.3 Å². The molecule has 1 atom stereocenters. The summed E-state index contributed by atoms with van der Waals surface area (Å²) in [6.45, 7) is 0.0682. The average molecular weight is 444 g/mol. The second-order valence-corrected chi connectivity index (χ2v) is 7.42. The van der Waals surface area contributed by atoms with Crippen molar-refractivity contribution in [2.45, 2.75) is 12.3 Å². The molecule has 0 spiro atoms. The number of carbonyl (C=O) groups is 2. The quantitative estimate of drug-likeness (QED) is 0.672. The monoisotopic (exact) mass is 443 g/mol. The lowest BCUT2D eigenvalue weighted by Crippen LogP contribution is -2.37. The van der Waals surface area contributed by atoms with E-state index in [1.54, 1.807) is 31.3 Å². The summed E-state index contributed by atoms with van der Waals surface area (Å²) in [6, 6.07) is 12.8. The summed E-state index contributed by atoms with van der Waals surface area (Å²) < 4.78 is 17.0. The molecule has 2 aliphatic heterocycles. The molecular formula is C21H18BrNO5. The Labute approximate surface area is 170 Å². The Kier molecular flexibility index (Phi) is 4.85. The Morgan fingerprint density at radius 3 is 2.50 bits per heavy atom. The van der Waals surface area contributed by atoms with E-state index in [-0.39, 0.29) is 18.9 Å². The molecule has 0 radical (unpaired) electrons. The van der Waals surface area contributed by atoms with Gasteiger partial charge in [-0.1, -0.05) is 15.9 Å². The van der Waals surface area contributed by atoms with Crippen molar-refractivity contribution in [3.05, 3.63) is 63.8 Å². The summed E-state index contributed by atoms with van der Waals surface area (Å²) in [5.41, 5.74) is 2.51. The molecular weight excluding hydrogens is 426 g/mol. The van der Waals surface area contributed by atoms with Crippen molar-refractivity contribution in [2.75, 3.05) is 25.7 Å². The van der Waals surface area contributed by atoms with E-state index < -0.39 is 11.9 Å². The highest BCUT2D eigenvalue weighted by atomic mass is 79.9. The van der Waals surface area contributed by atoms with Gasteiger partial charge in [0.05, 0.1) is 25.5 Å². The van der Waals surface area contributed by atoms with Gasteiger partial charge >= 0.3 is 5.97 Å². The van der Waals surface area contributed by atoms with E-state index in [0.29, 0.717) is 28.5 Å². The number of hydrogen-bond acceptors (Lipinski definition) is 5. The molecule has 2 aromatic carbocycles. The fourth-order valence-corrected chi connectivity index (χ4v) is 3.99. The minimum absolute atomic E-state index is 0.0682. The predicted octanol–water partition coefficient (Wildman–Crippen LogP) is 3.80. The van der Waals surface area contributed by atoms with Gasteiger partial charge in [0.2, 0.25) is 5.91 Å². The topological polar surface area (TPSA) is 65.1 Å². The molecule has 28 heavy (non-hydrogen) atoms. The highest BCUT2D eigenvalue weighted by Gasteiger charge is 2.43. The van der Waals surface area contributed by atoms with Crippen LogP contribution in [0.25, 0.3) is 0 Å². The maximum Gasteiger partial charge on any atom is 0.336 e. The van der Waals surface area contributed by atoms with E-state index in [0.717, 1.165) is 10.0 Å². The molecule has 4 rings (SSSR count). The zero-order valence-corrected chi connectivity index (χ0v) is 17.0. The van der Waals surface area contributed by atoms with Crippen molar-refractivity contribution in [2.24, 2.45) is 0 Å². The highest BCUT2D eigenvalue weighted by Crippen LogP contribution is 2.45. The minimum atomic E-state index is -0.450. The lowest BCUT2D eigenvalue weighted by molar-refractivity contribution is -0.136. The molecule has 2 heterocycles. The molecule has 2 aromatic rings. The number of carbonyl (C=O) groups excluding carboxylic acids is 2. The SMILES string of the molecule is COc1ccc(OC)c(C2CC(=O)N(c3ccc(Br)cc3)C3=C2C(=O)OC3)c1. The van der Waals surface area contributed by atoms with E-state index in [1.807, 2.05) is 30.3 Å². The van der Waals surface area contributed by atoms with Crippen LogP contribution in [0.4, 0.5) is 5.69 Å². The lowest BCUT2D eigenvalue weighted by atomic mass is 9.83. The minimum Gasteiger partial charge on any atom is -0.497 e. The smallest absolute Gasteiger partial charge is 0.336 e. The maximum atomic E-state index is 13.1. The zero-order valence-electron chi connectivity index (χ0n) is 15.4. The fourth-order valence-electron chi connectivity index (χ4n) is 3.72. The van der Waals surface area contributed by atoms with E-state index in [4.69, 9.17) is 14.2 Å². The van der Waals surface area contributed by atoms with Gasteiger partial charge in [-0.2, -0.15) is 0 Å². The van der Waals surface area contributed by atoms with E-state index in [2.05, 4.69) is 15.9 Å². The Bertz CT molecular complexity index is 983. The molecule has 144 valence electrons. The first kappa shape index (κ1) is 18.6. The van der Waals surface area contributed by atoms with Crippen molar-refractivity contribution in [1.82, 2.24) is 0 Å². The number of cyclic esters (lactones) is 1.